The number of hydrazone groups is 1. The lowest BCUT2D eigenvalue weighted by atomic mass is 10.2. The summed E-state index contributed by atoms with van der Waals surface area (Å²) in [7, 11) is 2.99. The first-order valence-corrected chi connectivity index (χ1v) is 10.2. The van der Waals surface area contributed by atoms with Gasteiger partial charge in [-0.25, -0.2) is 5.43 Å². The number of benzene rings is 3. The van der Waals surface area contributed by atoms with Crippen LogP contribution in [0.4, 0.5) is 5.69 Å². The van der Waals surface area contributed by atoms with Gasteiger partial charge in [-0.1, -0.05) is 35.9 Å². The first kappa shape index (κ1) is 23.6. The number of hydrogen-bond donors (Lipinski definition) is 2. The van der Waals surface area contributed by atoms with Crippen molar-refractivity contribution in [1.82, 2.24) is 5.43 Å². The van der Waals surface area contributed by atoms with Crippen molar-refractivity contribution in [1.29, 1.82) is 0 Å². The number of nitrogens with zero attached hydrogens (tertiary/aromatic N) is 1. The van der Waals surface area contributed by atoms with Crippen LogP contribution in [0.1, 0.15) is 11.1 Å². The third-order valence-corrected chi connectivity index (χ3v) is 4.69. The van der Waals surface area contributed by atoms with Crippen LogP contribution in [0.2, 0.25) is 5.02 Å². The van der Waals surface area contributed by atoms with E-state index in [9.17, 15) is 9.59 Å². The average molecular weight is 468 g/mol. The Morgan fingerprint density at radius 2 is 1.64 bits per heavy atom. The monoisotopic (exact) mass is 467 g/mol. The van der Waals surface area contributed by atoms with Crippen molar-refractivity contribution in [2.45, 2.75) is 6.61 Å². The molecule has 0 spiro atoms. The number of rotatable bonds is 8. The Morgan fingerprint density at radius 3 is 2.36 bits per heavy atom. The molecule has 0 aromatic heterocycles. The molecule has 0 saturated heterocycles. The first-order chi connectivity index (χ1) is 16.0. The number of para-hydroxylation sites is 2. The molecule has 2 N–H and O–H groups in total. The lowest BCUT2D eigenvalue weighted by Crippen LogP contribution is -2.32. The van der Waals surface area contributed by atoms with Gasteiger partial charge in [-0.15, -0.1) is 0 Å². The van der Waals surface area contributed by atoms with Crippen LogP contribution in [0.3, 0.4) is 0 Å². The predicted octanol–water partition coefficient (Wildman–Crippen LogP) is 4.03. The lowest BCUT2D eigenvalue weighted by molar-refractivity contribution is -0.136. The van der Waals surface area contributed by atoms with Crippen molar-refractivity contribution < 1.29 is 23.8 Å². The van der Waals surface area contributed by atoms with Gasteiger partial charge in [0, 0.05) is 5.02 Å². The average Bonchev–Trinajstić information content (AvgIpc) is 2.84. The molecule has 9 heteroatoms. The fourth-order valence-corrected chi connectivity index (χ4v) is 2.89. The Labute approximate surface area is 196 Å². The smallest absolute Gasteiger partial charge is 0.329 e. The summed E-state index contributed by atoms with van der Waals surface area (Å²) >= 11 is 5.89. The largest absolute Gasteiger partial charge is 0.495 e. The van der Waals surface area contributed by atoms with Gasteiger partial charge < -0.3 is 19.5 Å². The number of anilines is 1. The van der Waals surface area contributed by atoms with Crippen molar-refractivity contribution in [2.75, 3.05) is 19.5 Å². The normalized spacial score (nSPS) is 10.5. The van der Waals surface area contributed by atoms with Gasteiger partial charge in [-0.3, -0.25) is 9.59 Å². The molecule has 3 rings (SSSR count). The molecule has 0 saturated carbocycles. The summed E-state index contributed by atoms with van der Waals surface area (Å²) in [5.74, 6) is -0.321. The van der Waals surface area contributed by atoms with Crippen LogP contribution in [0, 0.1) is 0 Å². The molecule has 0 heterocycles. The summed E-state index contributed by atoms with van der Waals surface area (Å²) in [6, 6.07) is 19.3. The summed E-state index contributed by atoms with van der Waals surface area (Å²) in [6.45, 7) is 0.346. The van der Waals surface area contributed by atoms with E-state index in [1.165, 1.54) is 20.4 Å². The SMILES string of the molecule is COc1ccccc1NC(=O)C(=O)N/N=C/c1ccc(OCc2ccc(Cl)cc2)c(OC)c1. The fourth-order valence-electron chi connectivity index (χ4n) is 2.77. The zero-order chi connectivity index (χ0) is 23.6. The zero-order valence-electron chi connectivity index (χ0n) is 18.0. The van der Waals surface area contributed by atoms with E-state index in [-0.39, 0.29) is 0 Å². The van der Waals surface area contributed by atoms with Gasteiger partial charge in [0.15, 0.2) is 11.5 Å². The molecule has 0 fully saturated rings. The number of halogens is 1. The molecule has 8 nitrogen and oxygen atoms in total. The highest BCUT2D eigenvalue weighted by Gasteiger charge is 2.15. The van der Waals surface area contributed by atoms with Crippen LogP contribution in [0.5, 0.6) is 17.2 Å². The van der Waals surface area contributed by atoms with Gasteiger partial charge >= 0.3 is 11.8 Å². The number of amides is 2. The van der Waals surface area contributed by atoms with Gasteiger partial charge in [0.05, 0.1) is 26.1 Å². The van der Waals surface area contributed by atoms with Gasteiger partial charge in [0.2, 0.25) is 0 Å². The molecule has 0 aliphatic heterocycles. The Morgan fingerprint density at radius 1 is 0.909 bits per heavy atom. The van der Waals surface area contributed by atoms with Crippen molar-refractivity contribution in [3.8, 4) is 17.2 Å². The van der Waals surface area contributed by atoms with E-state index in [0.29, 0.717) is 40.1 Å². The standard InChI is InChI=1S/C24H22ClN3O5/c1-31-20-6-4-3-5-19(20)27-23(29)24(30)28-26-14-17-9-12-21(22(13-17)32-2)33-15-16-7-10-18(25)11-8-16/h3-14H,15H2,1-2H3,(H,27,29)(H,28,30)/b26-14+. The van der Waals surface area contributed by atoms with Crippen LogP contribution in [-0.4, -0.2) is 32.2 Å². The third-order valence-electron chi connectivity index (χ3n) is 4.44. The Bertz CT molecular complexity index is 1150. The van der Waals surface area contributed by atoms with E-state index < -0.39 is 11.8 Å². The van der Waals surface area contributed by atoms with Crippen LogP contribution >= 0.6 is 11.6 Å². The summed E-state index contributed by atoms with van der Waals surface area (Å²) in [5, 5.41) is 6.96. The number of hydrogen-bond acceptors (Lipinski definition) is 6. The minimum absolute atomic E-state index is 0.346. The number of nitrogens with one attached hydrogen (secondary N) is 2. The number of methoxy groups -OCH3 is 2. The van der Waals surface area contributed by atoms with E-state index in [2.05, 4.69) is 15.8 Å². The van der Waals surface area contributed by atoms with Crippen LogP contribution in [0.15, 0.2) is 71.8 Å². The van der Waals surface area contributed by atoms with Gasteiger partial charge in [0.1, 0.15) is 12.4 Å². The maximum Gasteiger partial charge on any atom is 0.329 e. The first-order valence-electron chi connectivity index (χ1n) is 9.83. The molecule has 170 valence electrons. The Hall–Kier alpha value is -4.04. The highest BCUT2D eigenvalue weighted by Crippen LogP contribution is 2.28. The Kier molecular flexibility index (Phi) is 8.26. The molecule has 0 radical (unpaired) electrons. The van der Waals surface area contributed by atoms with Crippen molar-refractivity contribution in [3.63, 3.8) is 0 Å². The maximum absolute atomic E-state index is 12.1. The van der Waals surface area contributed by atoms with E-state index in [1.54, 1.807) is 54.6 Å². The second-order valence-corrected chi connectivity index (χ2v) is 7.12. The molecular weight excluding hydrogens is 446 g/mol. The third kappa shape index (κ3) is 6.72. The van der Waals surface area contributed by atoms with Crippen molar-refractivity contribution in [2.24, 2.45) is 5.10 Å². The van der Waals surface area contributed by atoms with Crippen LogP contribution in [-0.2, 0) is 16.2 Å². The molecule has 33 heavy (non-hydrogen) atoms. The molecular formula is C24H22ClN3O5. The number of ether oxygens (including phenoxy) is 3. The summed E-state index contributed by atoms with van der Waals surface area (Å²) in [6.07, 6.45) is 1.39. The summed E-state index contributed by atoms with van der Waals surface area (Å²) in [5.41, 5.74) is 4.16. The van der Waals surface area contributed by atoms with Crippen molar-refractivity contribution >= 4 is 35.3 Å². The van der Waals surface area contributed by atoms with Gasteiger partial charge in [0.25, 0.3) is 0 Å². The topological polar surface area (TPSA) is 98.2 Å². The second kappa shape index (κ2) is 11.5. The fraction of sp³-hybridized carbons (Fsp3) is 0.125. The predicted molar refractivity (Wildman–Crippen MR) is 126 cm³/mol. The van der Waals surface area contributed by atoms with E-state index in [1.807, 2.05) is 12.1 Å². The lowest BCUT2D eigenvalue weighted by Gasteiger charge is -2.11. The van der Waals surface area contributed by atoms with E-state index in [4.69, 9.17) is 25.8 Å². The molecule has 3 aromatic rings. The van der Waals surface area contributed by atoms with E-state index >= 15 is 0 Å². The summed E-state index contributed by atoms with van der Waals surface area (Å²) in [4.78, 5) is 24.1. The van der Waals surface area contributed by atoms with Crippen molar-refractivity contribution in [3.05, 3.63) is 82.9 Å². The minimum atomic E-state index is -0.924. The molecule has 0 aliphatic carbocycles. The zero-order valence-corrected chi connectivity index (χ0v) is 18.8. The summed E-state index contributed by atoms with van der Waals surface area (Å²) < 4.78 is 16.3. The van der Waals surface area contributed by atoms with E-state index in [0.717, 1.165) is 5.56 Å². The number of carbonyl (C=O) groups is 2. The quantitative estimate of drug-likeness (QED) is 0.296. The molecule has 2 amide bonds. The molecule has 0 aliphatic rings. The highest BCUT2D eigenvalue weighted by atomic mass is 35.5. The molecule has 0 bridgehead atoms. The molecule has 3 aromatic carbocycles. The van der Waals surface area contributed by atoms with Gasteiger partial charge in [-0.2, -0.15) is 5.10 Å². The maximum atomic E-state index is 12.1. The minimum Gasteiger partial charge on any atom is -0.495 e. The van der Waals surface area contributed by atoms with Gasteiger partial charge in [-0.05, 0) is 53.6 Å². The molecule has 0 unspecified atom stereocenters. The Balaban J connectivity index is 1.57. The highest BCUT2D eigenvalue weighted by molar-refractivity contribution is 6.39. The number of carbonyl (C=O) groups excluding carboxylic acids is 2. The van der Waals surface area contributed by atoms with Crippen LogP contribution in [0.25, 0.3) is 0 Å². The van der Waals surface area contributed by atoms with Crippen LogP contribution < -0.4 is 25.0 Å². The molecule has 0 atom stereocenters. The second-order valence-electron chi connectivity index (χ2n) is 6.68.